The lowest BCUT2D eigenvalue weighted by atomic mass is 9.87. The van der Waals surface area contributed by atoms with E-state index in [2.05, 4.69) is 17.4 Å². The van der Waals surface area contributed by atoms with Gasteiger partial charge in [0.1, 0.15) is 5.60 Å². The number of anilines is 1. The summed E-state index contributed by atoms with van der Waals surface area (Å²) in [4.78, 5) is 26.2. The van der Waals surface area contributed by atoms with Gasteiger partial charge in [0, 0.05) is 16.5 Å². The second kappa shape index (κ2) is 5.15. The zero-order valence-electron chi connectivity index (χ0n) is 17.3. The number of ether oxygens (including phenoxy) is 2. The van der Waals surface area contributed by atoms with Gasteiger partial charge in [-0.1, -0.05) is 12.1 Å². The van der Waals surface area contributed by atoms with Crippen LogP contribution in [0.5, 0.6) is 0 Å². The van der Waals surface area contributed by atoms with Gasteiger partial charge >= 0.3 is 6.09 Å². The average Bonchev–Trinajstić information content (AvgIpc) is 3.46. The molecule has 6 rings (SSSR count). The highest BCUT2D eigenvalue weighted by molar-refractivity contribution is 6.09. The lowest BCUT2D eigenvalue weighted by molar-refractivity contribution is -0.117. The minimum Gasteiger partial charge on any atom is -0.444 e. The van der Waals surface area contributed by atoms with Gasteiger partial charge in [-0.05, 0) is 63.6 Å². The predicted octanol–water partition coefficient (Wildman–Crippen LogP) is 3.34. The molecule has 3 aliphatic carbocycles. The summed E-state index contributed by atoms with van der Waals surface area (Å²) >= 11 is 0. The van der Waals surface area contributed by atoms with Gasteiger partial charge in [0.25, 0.3) is 0 Å². The summed E-state index contributed by atoms with van der Waals surface area (Å²) in [5, 5.41) is 3.10. The first-order valence-corrected chi connectivity index (χ1v) is 10.7. The maximum Gasteiger partial charge on any atom is 0.410 e. The summed E-state index contributed by atoms with van der Waals surface area (Å²) in [5.41, 5.74) is 3.46. The predicted molar refractivity (Wildman–Crippen MR) is 107 cm³/mol. The van der Waals surface area contributed by atoms with Gasteiger partial charge in [0.2, 0.25) is 5.91 Å². The number of hydrogen-bond donors (Lipinski definition) is 1. The van der Waals surface area contributed by atoms with Crippen LogP contribution in [0.2, 0.25) is 0 Å². The molecule has 0 atom stereocenters. The molecule has 1 aromatic rings. The highest BCUT2D eigenvalue weighted by Crippen LogP contribution is 2.87. The summed E-state index contributed by atoms with van der Waals surface area (Å²) in [6.45, 7) is 7.62. The summed E-state index contributed by atoms with van der Waals surface area (Å²) in [7, 11) is 0. The molecule has 154 valence electrons. The Bertz CT molecular complexity index is 931. The van der Waals surface area contributed by atoms with Crippen LogP contribution in [0.4, 0.5) is 10.5 Å². The molecule has 6 nitrogen and oxygen atoms in total. The zero-order chi connectivity index (χ0) is 20.2. The van der Waals surface area contributed by atoms with Gasteiger partial charge in [-0.25, -0.2) is 4.79 Å². The molecule has 1 N–H and O–H groups in total. The number of carbonyl (C=O) groups excluding carboxylic acids is 2. The van der Waals surface area contributed by atoms with Crippen LogP contribution in [0.25, 0.3) is 0 Å². The fraction of sp³-hybridized carbons (Fsp3) is 0.652. The highest BCUT2D eigenvalue weighted by atomic mass is 16.6. The van der Waals surface area contributed by atoms with E-state index in [-0.39, 0.29) is 34.3 Å². The van der Waals surface area contributed by atoms with E-state index in [1.165, 1.54) is 11.1 Å². The molecule has 0 aromatic heterocycles. The summed E-state index contributed by atoms with van der Waals surface area (Å²) in [6, 6.07) is 6.36. The Morgan fingerprint density at radius 2 is 1.97 bits per heavy atom. The molecule has 0 unspecified atom stereocenters. The van der Waals surface area contributed by atoms with Gasteiger partial charge in [-0.15, -0.1) is 0 Å². The second-order valence-electron chi connectivity index (χ2n) is 10.8. The third kappa shape index (κ3) is 2.38. The van der Waals surface area contributed by atoms with Crippen molar-refractivity contribution in [2.75, 3.05) is 25.0 Å². The number of hydrogen-bond acceptors (Lipinski definition) is 4. The number of carbonyl (C=O) groups is 2. The Labute approximate surface area is 170 Å². The van der Waals surface area contributed by atoms with E-state index >= 15 is 0 Å². The van der Waals surface area contributed by atoms with Crippen molar-refractivity contribution in [1.29, 1.82) is 0 Å². The van der Waals surface area contributed by atoms with Crippen LogP contribution < -0.4 is 5.32 Å². The van der Waals surface area contributed by atoms with Crippen LogP contribution >= 0.6 is 0 Å². The van der Waals surface area contributed by atoms with Crippen molar-refractivity contribution in [2.45, 2.75) is 69.0 Å². The van der Waals surface area contributed by atoms with Crippen molar-refractivity contribution in [3.05, 3.63) is 29.3 Å². The summed E-state index contributed by atoms with van der Waals surface area (Å²) in [5.74, 6) is 0.191. The SMILES string of the molecule is CC(C)(C)OC(=O)N1CC(OCC23CC2(c2cccc4c2C2(CC2)C(=O)N4)C3)C1. The Hall–Kier alpha value is -2.08. The Morgan fingerprint density at radius 3 is 2.62 bits per heavy atom. The largest absolute Gasteiger partial charge is 0.444 e. The van der Waals surface area contributed by atoms with E-state index in [1.54, 1.807) is 4.90 Å². The topological polar surface area (TPSA) is 67.9 Å². The third-order valence-corrected chi connectivity index (χ3v) is 7.63. The average molecular weight is 396 g/mol. The number of amides is 2. The van der Waals surface area contributed by atoms with Gasteiger partial charge in [0.15, 0.2) is 0 Å². The number of nitrogens with one attached hydrogen (secondary N) is 1. The first-order chi connectivity index (χ1) is 13.7. The first kappa shape index (κ1) is 17.8. The van der Waals surface area contributed by atoms with E-state index < -0.39 is 5.60 Å². The van der Waals surface area contributed by atoms with Gasteiger partial charge < -0.3 is 19.7 Å². The fourth-order valence-electron chi connectivity index (χ4n) is 5.56. The van der Waals surface area contributed by atoms with E-state index in [1.807, 2.05) is 26.8 Å². The van der Waals surface area contributed by atoms with Crippen LogP contribution in [0.3, 0.4) is 0 Å². The standard InChI is InChI=1S/C23H28N2O4/c1-20(2,3)29-19(27)25-9-14(10-25)28-13-21-11-23(21,12-21)15-5-4-6-16-17(15)22(7-8-22)18(26)24-16/h4-6,14H,7-13H2,1-3H3,(H,24,26). The summed E-state index contributed by atoms with van der Waals surface area (Å²) in [6.07, 6.45) is 4.12. The van der Waals surface area contributed by atoms with Crippen LogP contribution in [-0.4, -0.2) is 48.3 Å². The molecule has 2 heterocycles. The number of rotatable bonds is 4. The van der Waals surface area contributed by atoms with E-state index in [0.29, 0.717) is 13.1 Å². The molecule has 1 spiro atoms. The Kier molecular flexibility index (Phi) is 3.15. The van der Waals surface area contributed by atoms with Gasteiger partial charge in [-0.2, -0.15) is 0 Å². The van der Waals surface area contributed by atoms with E-state index in [9.17, 15) is 9.59 Å². The molecular weight excluding hydrogens is 368 g/mol. The first-order valence-electron chi connectivity index (χ1n) is 10.7. The van der Waals surface area contributed by atoms with Crippen LogP contribution in [0.1, 0.15) is 57.6 Å². The fourth-order valence-corrected chi connectivity index (χ4v) is 5.56. The lowest BCUT2D eigenvalue weighted by Gasteiger charge is -2.39. The number of nitrogens with zero attached hydrogens (tertiary/aromatic N) is 1. The molecule has 0 bridgehead atoms. The Morgan fingerprint density at radius 1 is 1.24 bits per heavy atom. The molecule has 1 aromatic carbocycles. The minimum atomic E-state index is -0.464. The smallest absolute Gasteiger partial charge is 0.410 e. The van der Waals surface area contributed by atoms with Crippen LogP contribution in [0.15, 0.2) is 18.2 Å². The maximum atomic E-state index is 12.5. The van der Waals surface area contributed by atoms with E-state index in [4.69, 9.17) is 9.47 Å². The molecule has 4 fully saturated rings. The van der Waals surface area contributed by atoms with Crippen molar-refractivity contribution in [3.63, 3.8) is 0 Å². The molecule has 6 heteroatoms. The van der Waals surface area contributed by atoms with Crippen molar-refractivity contribution in [2.24, 2.45) is 5.41 Å². The molecule has 5 aliphatic rings. The zero-order valence-corrected chi connectivity index (χ0v) is 17.3. The molecule has 2 amide bonds. The molecule has 29 heavy (non-hydrogen) atoms. The van der Waals surface area contributed by atoms with Crippen molar-refractivity contribution >= 4 is 17.7 Å². The van der Waals surface area contributed by atoms with Gasteiger partial charge in [0.05, 0.1) is 31.2 Å². The molecule has 3 saturated carbocycles. The lowest BCUT2D eigenvalue weighted by Crippen LogP contribution is -2.56. The molecule has 0 radical (unpaired) electrons. The van der Waals surface area contributed by atoms with Crippen molar-refractivity contribution in [1.82, 2.24) is 4.90 Å². The normalized spacial score (nSPS) is 32.9. The quantitative estimate of drug-likeness (QED) is 0.848. The van der Waals surface area contributed by atoms with Gasteiger partial charge in [-0.3, -0.25) is 4.79 Å². The molecular formula is C23H28N2O4. The minimum absolute atomic E-state index is 0.107. The maximum absolute atomic E-state index is 12.5. The molecule has 2 aliphatic heterocycles. The number of likely N-dealkylation sites (tertiary alicyclic amines) is 1. The van der Waals surface area contributed by atoms with Crippen LogP contribution in [0, 0.1) is 5.41 Å². The van der Waals surface area contributed by atoms with Crippen molar-refractivity contribution in [3.8, 4) is 0 Å². The van der Waals surface area contributed by atoms with E-state index in [0.717, 1.165) is 38.0 Å². The second-order valence-corrected chi connectivity index (χ2v) is 10.8. The van der Waals surface area contributed by atoms with Crippen molar-refractivity contribution < 1.29 is 19.1 Å². The third-order valence-electron chi connectivity index (χ3n) is 7.63. The molecule has 1 saturated heterocycles. The monoisotopic (exact) mass is 396 g/mol. The van der Waals surface area contributed by atoms with Crippen LogP contribution in [-0.2, 0) is 25.1 Å². The number of fused-ring (bicyclic) bond motifs is 3. The Balaban J connectivity index is 1.08. The number of benzene rings is 1. The highest BCUT2D eigenvalue weighted by Gasteiger charge is 2.84. The summed E-state index contributed by atoms with van der Waals surface area (Å²) < 4.78 is 11.6.